The van der Waals surface area contributed by atoms with Crippen LogP contribution in [-0.2, 0) is 10.0 Å². The van der Waals surface area contributed by atoms with Crippen LogP contribution in [0.4, 0.5) is 8.78 Å². The van der Waals surface area contributed by atoms with E-state index in [4.69, 9.17) is 4.74 Å². The predicted molar refractivity (Wildman–Crippen MR) is 101 cm³/mol. The van der Waals surface area contributed by atoms with E-state index < -0.39 is 21.7 Å². The van der Waals surface area contributed by atoms with Crippen molar-refractivity contribution < 1.29 is 21.9 Å². The molecule has 0 bridgehead atoms. The number of benzene rings is 2. The Labute approximate surface area is 161 Å². The summed E-state index contributed by atoms with van der Waals surface area (Å²) < 4.78 is 58.8. The number of aromatic nitrogens is 1. The largest absolute Gasteiger partial charge is 0.478 e. The zero-order chi connectivity index (χ0) is 20.1. The van der Waals surface area contributed by atoms with Gasteiger partial charge < -0.3 is 4.74 Å². The minimum atomic E-state index is -3.81. The fourth-order valence-electron chi connectivity index (χ4n) is 2.46. The van der Waals surface area contributed by atoms with Gasteiger partial charge in [0.1, 0.15) is 17.3 Å². The Kier molecular flexibility index (Phi) is 5.87. The van der Waals surface area contributed by atoms with E-state index in [1.807, 2.05) is 12.1 Å². The maximum Gasteiger partial charge on any atom is 0.243 e. The van der Waals surface area contributed by atoms with E-state index >= 15 is 0 Å². The summed E-state index contributed by atoms with van der Waals surface area (Å²) in [7, 11) is -3.81. The highest BCUT2D eigenvalue weighted by molar-refractivity contribution is 7.89. The Balaban J connectivity index is 1.64. The first-order valence-electron chi connectivity index (χ1n) is 8.26. The van der Waals surface area contributed by atoms with Crippen LogP contribution < -0.4 is 9.46 Å². The fraction of sp³-hybridized carbons (Fsp3) is 0.150. The van der Waals surface area contributed by atoms with Gasteiger partial charge >= 0.3 is 0 Å². The normalized spacial score (nSPS) is 11.1. The molecule has 0 spiro atoms. The first-order chi connectivity index (χ1) is 13.4. The highest BCUT2D eigenvalue weighted by Crippen LogP contribution is 2.21. The van der Waals surface area contributed by atoms with E-state index in [0.29, 0.717) is 22.7 Å². The minimum Gasteiger partial charge on any atom is -0.478 e. The Morgan fingerprint density at radius 1 is 1.11 bits per heavy atom. The van der Waals surface area contributed by atoms with Crippen LogP contribution in [-0.4, -0.2) is 26.6 Å². The zero-order valence-corrected chi connectivity index (χ0v) is 15.7. The molecule has 0 unspecified atom stereocenters. The van der Waals surface area contributed by atoms with Gasteiger partial charge in [0.2, 0.25) is 10.0 Å². The van der Waals surface area contributed by atoms with Crippen LogP contribution in [0.15, 0.2) is 53.4 Å². The zero-order valence-electron chi connectivity index (χ0n) is 14.9. The summed E-state index contributed by atoms with van der Waals surface area (Å²) >= 11 is 0. The number of fused-ring (bicyclic) bond motifs is 1. The highest BCUT2D eigenvalue weighted by atomic mass is 32.2. The predicted octanol–water partition coefficient (Wildman–Crippen LogP) is 3.18. The van der Waals surface area contributed by atoms with Crippen LogP contribution in [0.2, 0.25) is 0 Å². The number of ether oxygens (including phenoxy) is 1. The molecule has 0 radical (unpaired) electrons. The molecule has 1 N–H and O–H groups in total. The average molecular weight is 402 g/mol. The third-order valence-electron chi connectivity index (χ3n) is 3.78. The summed E-state index contributed by atoms with van der Waals surface area (Å²) in [5, 5.41) is 0.717. The highest BCUT2D eigenvalue weighted by Gasteiger charge is 2.17. The lowest BCUT2D eigenvalue weighted by molar-refractivity contribution is 0.346. The van der Waals surface area contributed by atoms with Crippen molar-refractivity contribution in [2.45, 2.75) is 11.8 Å². The molecular weight excluding hydrogens is 386 g/mol. The molecule has 5 nitrogen and oxygen atoms in total. The van der Waals surface area contributed by atoms with Crippen molar-refractivity contribution in [1.82, 2.24) is 9.71 Å². The van der Waals surface area contributed by atoms with Gasteiger partial charge in [-0.3, -0.25) is 4.98 Å². The van der Waals surface area contributed by atoms with E-state index in [1.165, 1.54) is 6.07 Å². The summed E-state index contributed by atoms with van der Waals surface area (Å²) in [6, 6.07) is 11.5. The molecule has 0 atom stereocenters. The number of nitrogens with zero attached hydrogens (tertiary/aromatic N) is 1. The summed E-state index contributed by atoms with van der Waals surface area (Å²) in [4.78, 5) is 4.38. The quantitative estimate of drug-likeness (QED) is 0.666. The van der Waals surface area contributed by atoms with Crippen molar-refractivity contribution in [2.75, 3.05) is 13.2 Å². The van der Waals surface area contributed by atoms with Crippen LogP contribution in [0.5, 0.6) is 5.75 Å². The third-order valence-corrected chi connectivity index (χ3v) is 5.21. The number of hydrogen-bond acceptors (Lipinski definition) is 4. The van der Waals surface area contributed by atoms with Gasteiger partial charge in [-0.05, 0) is 31.2 Å². The van der Waals surface area contributed by atoms with Gasteiger partial charge in [0.25, 0.3) is 0 Å². The Morgan fingerprint density at radius 3 is 2.71 bits per heavy atom. The second kappa shape index (κ2) is 8.33. The van der Waals surface area contributed by atoms with Crippen molar-refractivity contribution in [2.24, 2.45) is 0 Å². The molecule has 28 heavy (non-hydrogen) atoms. The van der Waals surface area contributed by atoms with Gasteiger partial charge in [0, 0.05) is 17.1 Å². The number of rotatable bonds is 5. The Morgan fingerprint density at radius 2 is 1.93 bits per heavy atom. The lowest BCUT2D eigenvalue weighted by Gasteiger charge is -2.07. The molecule has 0 aliphatic heterocycles. The number of nitrogens with one attached hydrogen (secondary N) is 1. The van der Waals surface area contributed by atoms with E-state index in [2.05, 4.69) is 21.5 Å². The molecule has 0 saturated heterocycles. The SMILES string of the molecule is Cc1ccc2cccc(S(=O)(=O)NCC#CCOc3ccc(F)cc3F)c2n1. The second-order valence-electron chi connectivity index (χ2n) is 5.82. The molecule has 0 aliphatic carbocycles. The maximum atomic E-state index is 13.4. The van der Waals surface area contributed by atoms with Crippen LogP contribution in [0, 0.1) is 30.4 Å². The summed E-state index contributed by atoms with van der Waals surface area (Å²) in [5.74, 6) is 3.49. The van der Waals surface area contributed by atoms with Crippen LogP contribution >= 0.6 is 0 Å². The first kappa shape index (κ1) is 19.7. The Bertz CT molecular complexity index is 1190. The maximum absolute atomic E-state index is 13.4. The second-order valence-corrected chi connectivity index (χ2v) is 7.56. The van der Waals surface area contributed by atoms with Gasteiger partial charge in [0.05, 0.1) is 12.1 Å². The van der Waals surface area contributed by atoms with Gasteiger partial charge in [0.15, 0.2) is 11.6 Å². The van der Waals surface area contributed by atoms with Crippen molar-refractivity contribution in [3.63, 3.8) is 0 Å². The standard InChI is InChI=1S/C20H16F2N2O3S/c1-14-7-8-15-5-4-6-19(20(15)24-14)28(25,26)23-11-2-3-12-27-18-10-9-16(21)13-17(18)22/h4-10,13,23H,11-12H2,1H3. The van der Waals surface area contributed by atoms with Gasteiger partial charge in [-0.15, -0.1) is 0 Å². The lowest BCUT2D eigenvalue weighted by Crippen LogP contribution is -2.24. The lowest BCUT2D eigenvalue weighted by atomic mass is 10.2. The molecule has 0 aliphatic rings. The number of aryl methyl sites for hydroxylation is 1. The van der Waals surface area contributed by atoms with Crippen molar-refractivity contribution >= 4 is 20.9 Å². The molecule has 3 rings (SSSR count). The number of para-hydroxylation sites is 1. The molecule has 0 fully saturated rings. The van der Waals surface area contributed by atoms with Crippen molar-refractivity contribution in [1.29, 1.82) is 0 Å². The van der Waals surface area contributed by atoms with E-state index in [-0.39, 0.29) is 23.8 Å². The smallest absolute Gasteiger partial charge is 0.243 e. The molecule has 3 aromatic rings. The first-order valence-corrected chi connectivity index (χ1v) is 9.75. The third kappa shape index (κ3) is 4.63. The fourth-order valence-corrected chi connectivity index (χ4v) is 3.56. The molecule has 2 aromatic carbocycles. The van der Waals surface area contributed by atoms with E-state index in [0.717, 1.165) is 12.1 Å². The number of hydrogen-bond donors (Lipinski definition) is 1. The molecular formula is C20H16F2N2O3S. The summed E-state index contributed by atoms with van der Waals surface area (Å²) in [5.41, 5.74) is 1.10. The molecule has 0 amide bonds. The Hall–Kier alpha value is -3.02. The average Bonchev–Trinajstić information content (AvgIpc) is 2.65. The molecule has 1 heterocycles. The van der Waals surface area contributed by atoms with E-state index in [9.17, 15) is 17.2 Å². The number of halogens is 2. The summed E-state index contributed by atoms with van der Waals surface area (Å²) in [6.45, 7) is 1.46. The topological polar surface area (TPSA) is 68.3 Å². The van der Waals surface area contributed by atoms with Crippen LogP contribution in [0.1, 0.15) is 5.69 Å². The van der Waals surface area contributed by atoms with Crippen LogP contribution in [0.25, 0.3) is 10.9 Å². The van der Waals surface area contributed by atoms with Crippen LogP contribution in [0.3, 0.4) is 0 Å². The van der Waals surface area contributed by atoms with Gasteiger partial charge in [-0.2, -0.15) is 4.72 Å². The molecule has 8 heteroatoms. The monoisotopic (exact) mass is 402 g/mol. The molecule has 0 saturated carbocycles. The van der Waals surface area contributed by atoms with Crippen molar-refractivity contribution in [3.05, 3.63) is 65.9 Å². The van der Waals surface area contributed by atoms with E-state index in [1.54, 1.807) is 19.1 Å². The minimum absolute atomic E-state index is 0.0696. The number of sulfonamides is 1. The summed E-state index contributed by atoms with van der Waals surface area (Å²) in [6.07, 6.45) is 0. The number of pyridine rings is 1. The molecule has 1 aromatic heterocycles. The van der Waals surface area contributed by atoms with Crippen molar-refractivity contribution in [3.8, 4) is 17.6 Å². The van der Waals surface area contributed by atoms with Gasteiger partial charge in [-0.25, -0.2) is 17.2 Å². The van der Waals surface area contributed by atoms with Gasteiger partial charge in [-0.1, -0.05) is 30.0 Å². The molecule has 144 valence electrons.